The number of rotatable bonds is 4. The molecule has 0 spiro atoms. The minimum Gasteiger partial charge on any atom is -0.338 e. The third-order valence-electron chi connectivity index (χ3n) is 3.72. The first-order valence-corrected chi connectivity index (χ1v) is 6.73. The van der Waals surface area contributed by atoms with Gasteiger partial charge in [-0.2, -0.15) is 5.26 Å². The normalized spacial score (nSPS) is 28.8. The van der Waals surface area contributed by atoms with Gasteiger partial charge in [0.1, 0.15) is 5.54 Å². The molecule has 0 aromatic carbocycles. The summed E-state index contributed by atoms with van der Waals surface area (Å²) in [6.07, 6.45) is 5.44. The summed E-state index contributed by atoms with van der Waals surface area (Å²) in [5.74, 6) is 1.10. The van der Waals surface area contributed by atoms with Crippen molar-refractivity contribution in [1.82, 2.24) is 5.32 Å². The number of amides is 1. The second kappa shape index (κ2) is 6.05. The SMILES string of the molecule is CCC1CCC(C#N)(NC(=O)CC(C)C)CC1. The van der Waals surface area contributed by atoms with Gasteiger partial charge >= 0.3 is 0 Å². The van der Waals surface area contributed by atoms with Crippen LogP contribution in [0.15, 0.2) is 0 Å². The minimum absolute atomic E-state index is 0.0245. The molecule has 0 saturated heterocycles. The van der Waals surface area contributed by atoms with Crippen molar-refractivity contribution in [2.24, 2.45) is 11.8 Å². The fraction of sp³-hybridized carbons (Fsp3) is 0.857. The van der Waals surface area contributed by atoms with Gasteiger partial charge in [-0.1, -0.05) is 27.2 Å². The lowest BCUT2D eigenvalue weighted by molar-refractivity contribution is -0.123. The number of hydrogen-bond acceptors (Lipinski definition) is 2. The van der Waals surface area contributed by atoms with Crippen LogP contribution in [0.1, 0.15) is 59.3 Å². The molecule has 0 aromatic rings. The van der Waals surface area contributed by atoms with Crippen LogP contribution in [0, 0.1) is 23.2 Å². The molecule has 1 N–H and O–H groups in total. The lowest BCUT2D eigenvalue weighted by Crippen LogP contribution is -2.49. The Morgan fingerprint density at radius 3 is 2.47 bits per heavy atom. The summed E-state index contributed by atoms with van der Waals surface area (Å²) in [5.41, 5.74) is -0.586. The van der Waals surface area contributed by atoms with Crippen molar-refractivity contribution in [2.45, 2.75) is 64.8 Å². The molecule has 0 aliphatic heterocycles. The number of nitrogens with one attached hydrogen (secondary N) is 1. The Morgan fingerprint density at radius 2 is 2.06 bits per heavy atom. The summed E-state index contributed by atoms with van der Waals surface area (Å²) < 4.78 is 0. The van der Waals surface area contributed by atoms with Crippen LogP contribution in [0.3, 0.4) is 0 Å². The molecule has 0 bridgehead atoms. The van der Waals surface area contributed by atoms with E-state index >= 15 is 0 Å². The van der Waals surface area contributed by atoms with E-state index in [-0.39, 0.29) is 5.91 Å². The zero-order valence-corrected chi connectivity index (χ0v) is 11.3. The maximum Gasteiger partial charge on any atom is 0.221 e. The van der Waals surface area contributed by atoms with E-state index < -0.39 is 5.54 Å². The summed E-state index contributed by atoms with van der Waals surface area (Å²) in [6.45, 7) is 6.24. The molecule has 0 unspecified atom stereocenters. The molecule has 1 saturated carbocycles. The molecule has 17 heavy (non-hydrogen) atoms. The highest BCUT2D eigenvalue weighted by Gasteiger charge is 2.36. The second-order valence-electron chi connectivity index (χ2n) is 5.69. The molecule has 1 rings (SSSR count). The first-order valence-electron chi connectivity index (χ1n) is 6.73. The summed E-state index contributed by atoms with van der Waals surface area (Å²) in [4.78, 5) is 11.8. The Kier molecular flexibility index (Phi) is 4.99. The van der Waals surface area contributed by atoms with E-state index in [0.29, 0.717) is 12.3 Å². The third kappa shape index (κ3) is 4.03. The van der Waals surface area contributed by atoms with Gasteiger partial charge in [-0.05, 0) is 37.5 Å². The lowest BCUT2D eigenvalue weighted by atomic mass is 9.76. The van der Waals surface area contributed by atoms with Gasteiger partial charge in [-0.3, -0.25) is 4.79 Å². The minimum atomic E-state index is -0.586. The standard InChI is InChI=1S/C14H24N2O/c1-4-12-5-7-14(10-15,8-6-12)16-13(17)9-11(2)3/h11-12H,4-9H2,1-3H3,(H,16,17). The fourth-order valence-electron chi connectivity index (χ4n) is 2.53. The average Bonchev–Trinajstić information content (AvgIpc) is 2.29. The molecule has 1 amide bonds. The molecule has 3 nitrogen and oxygen atoms in total. The number of carbonyl (C=O) groups is 1. The van der Waals surface area contributed by atoms with Crippen molar-refractivity contribution in [3.05, 3.63) is 0 Å². The highest BCUT2D eigenvalue weighted by Crippen LogP contribution is 2.33. The molecule has 0 heterocycles. The first kappa shape index (κ1) is 14.0. The van der Waals surface area contributed by atoms with E-state index in [1.54, 1.807) is 0 Å². The summed E-state index contributed by atoms with van der Waals surface area (Å²) >= 11 is 0. The molecule has 1 aliphatic rings. The third-order valence-corrected chi connectivity index (χ3v) is 3.72. The van der Waals surface area contributed by atoms with Crippen LogP contribution in [0.25, 0.3) is 0 Å². The molecule has 0 aromatic heterocycles. The van der Waals surface area contributed by atoms with Crippen LogP contribution < -0.4 is 5.32 Å². The molecule has 3 heteroatoms. The summed E-state index contributed by atoms with van der Waals surface area (Å²) in [5, 5.41) is 12.3. The number of carbonyl (C=O) groups excluding carboxylic acids is 1. The van der Waals surface area contributed by atoms with Crippen molar-refractivity contribution in [2.75, 3.05) is 0 Å². The molecule has 1 fully saturated rings. The van der Waals surface area contributed by atoms with Gasteiger partial charge in [0, 0.05) is 6.42 Å². The maximum absolute atomic E-state index is 11.8. The van der Waals surface area contributed by atoms with Gasteiger partial charge in [-0.15, -0.1) is 0 Å². The highest BCUT2D eigenvalue weighted by atomic mass is 16.1. The van der Waals surface area contributed by atoms with Gasteiger partial charge < -0.3 is 5.32 Å². The summed E-state index contributed by atoms with van der Waals surface area (Å²) in [6, 6.07) is 2.33. The number of nitriles is 1. The molecular weight excluding hydrogens is 212 g/mol. The van der Waals surface area contributed by atoms with Gasteiger partial charge in [0.15, 0.2) is 0 Å². The Bertz CT molecular complexity index is 296. The topological polar surface area (TPSA) is 52.9 Å². The van der Waals surface area contributed by atoms with Crippen LogP contribution in [0.2, 0.25) is 0 Å². The van der Waals surface area contributed by atoms with Crippen molar-refractivity contribution in [3.8, 4) is 6.07 Å². The lowest BCUT2D eigenvalue weighted by Gasteiger charge is -2.35. The zero-order valence-electron chi connectivity index (χ0n) is 11.3. The van der Waals surface area contributed by atoms with E-state index in [0.717, 1.165) is 31.6 Å². The number of hydrogen-bond donors (Lipinski definition) is 1. The Hall–Kier alpha value is -1.04. The predicted octanol–water partition coefficient (Wildman–Crippen LogP) is 3.01. The smallest absolute Gasteiger partial charge is 0.221 e. The Morgan fingerprint density at radius 1 is 1.47 bits per heavy atom. The molecule has 96 valence electrons. The average molecular weight is 236 g/mol. The van der Waals surface area contributed by atoms with Crippen molar-refractivity contribution >= 4 is 5.91 Å². The Balaban J connectivity index is 2.54. The van der Waals surface area contributed by atoms with Gasteiger partial charge in [0.2, 0.25) is 5.91 Å². The number of nitrogens with zero attached hydrogens (tertiary/aromatic N) is 1. The van der Waals surface area contributed by atoms with Gasteiger partial charge in [0.25, 0.3) is 0 Å². The van der Waals surface area contributed by atoms with E-state index in [1.165, 1.54) is 6.42 Å². The van der Waals surface area contributed by atoms with E-state index in [4.69, 9.17) is 0 Å². The van der Waals surface area contributed by atoms with Crippen LogP contribution in [-0.4, -0.2) is 11.4 Å². The second-order valence-corrected chi connectivity index (χ2v) is 5.69. The molecular formula is C14H24N2O. The first-order chi connectivity index (χ1) is 8.01. The highest BCUT2D eigenvalue weighted by molar-refractivity contribution is 5.77. The zero-order chi connectivity index (χ0) is 12.9. The van der Waals surface area contributed by atoms with E-state index in [2.05, 4.69) is 18.3 Å². The van der Waals surface area contributed by atoms with Crippen molar-refractivity contribution in [1.29, 1.82) is 5.26 Å². The van der Waals surface area contributed by atoms with Crippen LogP contribution in [0.5, 0.6) is 0 Å². The largest absolute Gasteiger partial charge is 0.338 e. The quantitative estimate of drug-likeness (QED) is 0.815. The van der Waals surface area contributed by atoms with Crippen LogP contribution in [0.4, 0.5) is 0 Å². The van der Waals surface area contributed by atoms with Crippen LogP contribution in [-0.2, 0) is 4.79 Å². The molecule has 0 radical (unpaired) electrons. The monoisotopic (exact) mass is 236 g/mol. The van der Waals surface area contributed by atoms with Crippen LogP contribution >= 0.6 is 0 Å². The predicted molar refractivity (Wildman–Crippen MR) is 68.2 cm³/mol. The maximum atomic E-state index is 11.8. The van der Waals surface area contributed by atoms with Crippen molar-refractivity contribution < 1.29 is 4.79 Å². The fourth-order valence-corrected chi connectivity index (χ4v) is 2.53. The molecule has 1 aliphatic carbocycles. The van der Waals surface area contributed by atoms with Gasteiger partial charge in [0.05, 0.1) is 6.07 Å². The van der Waals surface area contributed by atoms with Gasteiger partial charge in [-0.25, -0.2) is 0 Å². The van der Waals surface area contributed by atoms with E-state index in [1.807, 2.05) is 13.8 Å². The Labute approximate surface area is 105 Å². The van der Waals surface area contributed by atoms with E-state index in [9.17, 15) is 10.1 Å². The van der Waals surface area contributed by atoms with Crippen molar-refractivity contribution in [3.63, 3.8) is 0 Å². The molecule has 0 atom stereocenters. The summed E-state index contributed by atoms with van der Waals surface area (Å²) in [7, 11) is 0.